The Kier molecular flexibility index (Phi) is 3.70. The van der Waals surface area contributed by atoms with Crippen molar-refractivity contribution in [1.29, 1.82) is 0 Å². The van der Waals surface area contributed by atoms with Crippen LogP contribution in [0.25, 0.3) is 10.9 Å². The highest BCUT2D eigenvalue weighted by atomic mass is 35.5. The van der Waals surface area contributed by atoms with Gasteiger partial charge in [-0.25, -0.2) is 18.0 Å². The van der Waals surface area contributed by atoms with Crippen molar-refractivity contribution in [2.45, 2.75) is 4.90 Å². The van der Waals surface area contributed by atoms with E-state index in [1.165, 1.54) is 18.2 Å². The zero-order chi connectivity index (χ0) is 16.6. The van der Waals surface area contributed by atoms with Crippen molar-refractivity contribution in [1.82, 2.24) is 4.98 Å². The summed E-state index contributed by atoms with van der Waals surface area (Å²) in [6.07, 6.45) is 0. The molecule has 118 valence electrons. The molecule has 3 aromatic rings. The van der Waals surface area contributed by atoms with Crippen molar-refractivity contribution < 1.29 is 12.8 Å². The summed E-state index contributed by atoms with van der Waals surface area (Å²) in [4.78, 5) is 24.9. The summed E-state index contributed by atoms with van der Waals surface area (Å²) in [6, 6.07) is 10.0. The van der Waals surface area contributed by atoms with E-state index in [0.29, 0.717) is 0 Å². The van der Waals surface area contributed by atoms with Crippen LogP contribution >= 0.6 is 11.6 Å². The molecule has 0 fully saturated rings. The number of rotatable bonds is 3. The van der Waals surface area contributed by atoms with E-state index in [9.17, 15) is 18.0 Å². The maximum atomic E-state index is 12.4. The maximum Gasteiger partial charge on any atom is 0.419 e. The molecule has 0 bridgehead atoms. The number of sulfonamides is 1. The second kappa shape index (κ2) is 5.56. The molecular weight excluding hydrogens is 344 g/mol. The summed E-state index contributed by atoms with van der Waals surface area (Å²) in [5, 5.41) is 0.187. The lowest BCUT2D eigenvalue weighted by Crippen LogP contribution is -2.17. The third-order valence-electron chi connectivity index (χ3n) is 3.06. The predicted octanol–water partition coefficient (Wildman–Crippen LogP) is 1.94. The number of aromatic amines is 1. The van der Waals surface area contributed by atoms with E-state index < -0.39 is 21.4 Å². The highest BCUT2D eigenvalue weighted by molar-refractivity contribution is 7.92. The minimum atomic E-state index is -3.96. The number of hydrogen-bond donors (Lipinski definition) is 2. The molecule has 0 unspecified atom stereocenters. The number of hydrogen-bond acceptors (Lipinski definition) is 5. The van der Waals surface area contributed by atoms with Gasteiger partial charge in [-0.05, 0) is 30.3 Å². The number of para-hydroxylation sites is 1. The summed E-state index contributed by atoms with van der Waals surface area (Å²) in [5.74, 6) is -0.910. The first-order chi connectivity index (χ1) is 10.9. The van der Waals surface area contributed by atoms with Crippen molar-refractivity contribution in [3.05, 3.63) is 68.5 Å². The molecule has 2 aromatic carbocycles. The molecule has 0 spiro atoms. The normalized spacial score (nSPS) is 11.5. The smallest absolute Gasteiger partial charge is 0.372 e. The maximum absolute atomic E-state index is 12.4. The molecule has 0 radical (unpaired) electrons. The van der Waals surface area contributed by atoms with Crippen molar-refractivity contribution in [3.8, 4) is 0 Å². The van der Waals surface area contributed by atoms with E-state index in [4.69, 9.17) is 11.6 Å². The van der Waals surface area contributed by atoms with E-state index >= 15 is 0 Å². The third kappa shape index (κ3) is 2.99. The lowest BCUT2D eigenvalue weighted by molar-refractivity contribution is 0.460. The van der Waals surface area contributed by atoms with Crippen molar-refractivity contribution >= 4 is 38.2 Å². The molecule has 9 heteroatoms. The topological polar surface area (TPSA) is 109 Å². The van der Waals surface area contributed by atoms with Crippen LogP contribution in [0.1, 0.15) is 0 Å². The van der Waals surface area contributed by atoms with E-state index in [0.717, 1.165) is 6.07 Å². The Balaban J connectivity index is 2.10. The monoisotopic (exact) mass is 352 g/mol. The molecule has 0 aliphatic heterocycles. The fraction of sp³-hybridized carbons (Fsp3) is 0. The van der Waals surface area contributed by atoms with Crippen molar-refractivity contribution in [2.75, 3.05) is 4.72 Å². The Labute approximate surface area is 134 Å². The fourth-order valence-corrected chi connectivity index (χ4v) is 3.34. The van der Waals surface area contributed by atoms with Crippen molar-refractivity contribution in [3.63, 3.8) is 0 Å². The zero-order valence-electron chi connectivity index (χ0n) is 11.4. The summed E-state index contributed by atoms with van der Waals surface area (Å²) >= 11 is 5.92. The summed E-state index contributed by atoms with van der Waals surface area (Å²) in [6.45, 7) is 0. The van der Waals surface area contributed by atoms with Gasteiger partial charge in [0, 0.05) is 0 Å². The van der Waals surface area contributed by atoms with Crippen LogP contribution in [0.4, 0.5) is 5.69 Å². The molecule has 0 saturated carbocycles. The molecule has 0 aliphatic rings. The second-order valence-corrected chi connectivity index (χ2v) is 6.68. The standard InChI is InChI=1S/C14H9ClN2O5S/c15-10-3-1-2-4-12(10)17-23(20,21)8-5-6-11-9(7-8)13(18)22-14(19)16-11/h1-7,17H,(H,16,19). The number of nitrogens with one attached hydrogen (secondary N) is 2. The Morgan fingerprint density at radius 2 is 1.83 bits per heavy atom. The van der Waals surface area contributed by atoms with Gasteiger partial charge in [-0.15, -0.1) is 0 Å². The Hall–Kier alpha value is -2.58. The van der Waals surface area contributed by atoms with Gasteiger partial charge in [-0.2, -0.15) is 0 Å². The van der Waals surface area contributed by atoms with Crippen LogP contribution in [-0.4, -0.2) is 13.4 Å². The molecular formula is C14H9ClN2O5S. The van der Waals surface area contributed by atoms with Gasteiger partial charge in [-0.1, -0.05) is 23.7 Å². The SMILES string of the molecule is O=c1[nH]c2ccc(S(=O)(=O)Nc3ccccc3Cl)cc2c(=O)o1. The molecule has 2 N–H and O–H groups in total. The van der Waals surface area contributed by atoms with Crippen LogP contribution in [-0.2, 0) is 10.0 Å². The average Bonchev–Trinajstić information content (AvgIpc) is 2.49. The van der Waals surface area contributed by atoms with Gasteiger partial charge in [-0.3, -0.25) is 9.71 Å². The molecule has 0 aliphatic carbocycles. The molecule has 1 aromatic heterocycles. The highest BCUT2D eigenvalue weighted by Gasteiger charge is 2.17. The van der Waals surface area contributed by atoms with Gasteiger partial charge in [0.25, 0.3) is 10.0 Å². The van der Waals surface area contributed by atoms with Crippen LogP contribution in [0.5, 0.6) is 0 Å². The Morgan fingerprint density at radius 1 is 1.09 bits per heavy atom. The summed E-state index contributed by atoms with van der Waals surface area (Å²) < 4.78 is 31.5. The number of H-pyrrole nitrogens is 1. The largest absolute Gasteiger partial charge is 0.419 e. The number of fused-ring (bicyclic) bond motifs is 1. The van der Waals surface area contributed by atoms with Gasteiger partial charge in [0.2, 0.25) is 0 Å². The van der Waals surface area contributed by atoms with Crippen LogP contribution < -0.4 is 16.1 Å². The Morgan fingerprint density at radius 3 is 2.57 bits per heavy atom. The van der Waals surface area contributed by atoms with Crippen LogP contribution in [0, 0.1) is 0 Å². The summed E-state index contributed by atoms with van der Waals surface area (Å²) in [7, 11) is -3.96. The zero-order valence-corrected chi connectivity index (χ0v) is 12.9. The van der Waals surface area contributed by atoms with E-state index in [2.05, 4.69) is 14.1 Å². The summed E-state index contributed by atoms with van der Waals surface area (Å²) in [5.41, 5.74) is -0.524. The number of benzene rings is 2. The number of halogens is 1. The van der Waals surface area contributed by atoms with Crippen LogP contribution in [0.15, 0.2) is 61.4 Å². The molecule has 3 rings (SSSR count). The number of aromatic nitrogens is 1. The van der Waals surface area contributed by atoms with E-state index in [1.54, 1.807) is 18.2 Å². The van der Waals surface area contributed by atoms with Gasteiger partial charge < -0.3 is 4.42 Å². The lowest BCUT2D eigenvalue weighted by atomic mass is 10.2. The van der Waals surface area contributed by atoms with Crippen LogP contribution in [0.2, 0.25) is 5.02 Å². The minimum Gasteiger partial charge on any atom is -0.372 e. The Bertz CT molecular complexity index is 1120. The first kappa shape index (κ1) is 15.3. The average molecular weight is 353 g/mol. The van der Waals surface area contributed by atoms with Gasteiger partial charge in [0.15, 0.2) is 0 Å². The highest BCUT2D eigenvalue weighted by Crippen LogP contribution is 2.24. The van der Waals surface area contributed by atoms with E-state index in [-0.39, 0.29) is 26.5 Å². The molecule has 0 saturated heterocycles. The molecule has 0 amide bonds. The van der Waals surface area contributed by atoms with Crippen LogP contribution in [0.3, 0.4) is 0 Å². The van der Waals surface area contributed by atoms with Gasteiger partial charge >= 0.3 is 11.4 Å². The van der Waals surface area contributed by atoms with E-state index in [1.807, 2.05) is 0 Å². The molecule has 7 nitrogen and oxygen atoms in total. The minimum absolute atomic E-state index is 0.0494. The second-order valence-electron chi connectivity index (χ2n) is 4.59. The molecule has 1 heterocycles. The van der Waals surface area contributed by atoms with Crippen molar-refractivity contribution in [2.24, 2.45) is 0 Å². The molecule has 0 atom stereocenters. The quantitative estimate of drug-likeness (QED) is 0.748. The first-order valence-corrected chi connectivity index (χ1v) is 8.17. The lowest BCUT2D eigenvalue weighted by Gasteiger charge is -2.09. The van der Waals surface area contributed by atoms with Gasteiger partial charge in [0.05, 0.1) is 26.5 Å². The fourth-order valence-electron chi connectivity index (χ4n) is 1.99. The number of anilines is 1. The van der Waals surface area contributed by atoms with Gasteiger partial charge in [0.1, 0.15) is 0 Å². The first-order valence-electron chi connectivity index (χ1n) is 6.31. The predicted molar refractivity (Wildman–Crippen MR) is 85.4 cm³/mol. The molecule has 23 heavy (non-hydrogen) atoms. The third-order valence-corrected chi connectivity index (χ3v) is 4.75.